The van der Waals surface area contributed by atoms with Crippen LogP contribution in [0.15, 0.2) is 122 Å². The molecule has 2 aliphatic rings. The number of methoxy groups -OCH3 is 4. The van der Waals surface area contributed by atoms with Crippen molar-refractivity contribution in [1.29, 1.82) is 0 Å². The van der Waals surface area contributed by atoms with Gasteiger partial charge in [-0.1, -0.05) is 37.4 Å². The van der Waals surface area contributed by atoms with Gasteiger partial charge in [0.05, 0.1) is 84.8 Å². The number of aryl methyl sites for hydroxylation is 1. The topological polar surface area (TPSA) is 284 Å². The van der Waals surface area contributed by atoms with Crippen molar-refractivity contribution in [2.75, 3.05) is 68.1 Å². The molecule has 0 bridgehead atoms. The van der Waals surface area contributed by atoms with E-state index in [9.17, 15) is 38.4 Å². The highest BCUT2D eigenvalue weighted by Crippen LogP contribution is 2.41. The lowest BCUT2D eigenvalue weighted by atomic mass is 10.1. The molecule has 2 fully saturated rings. The van der Waals surface area contributed by atoms with Crippen LogP contribution in [0.3, 0.4) is 0 Å². The van der Waals surface area contributed by atoms with Crippen molar-refractivity contribution < 1.29 is 114 Å². The quantitative estimate of drug-likeness (QED) is 0.0129. The van der Waals surface area contributed by atoms with Crippen molar-refractivity contribution in [3.8, 4) is 46.0 Å². The molecule has 6 aromatic carbocycles. The van der Waals surface area contributed by atoms with Gasteiger partial charge in [0.1, 0.15) is 23.7 Å². The van der Waals surface area contributed by atoms with Gasteiger partial charge in [-0.25, -0.2) is 33.6 Å². The SMILES string of the molecule is C=CC(=O)OCCCCOC(=O)Oc1ccc2cc(C(=O)Oc3c(OC)cc(C(=O)O[C@@H]4COC5C4OC[C@H]5OC(C)=O)cc3OC)ccc2c1.C=CC(=O)OCCCCOC(=O)Oc1ccc2cc(C(=O)Oc3c(OC)cc(C)cc3OC)ccc2c1. The van der Waals surface area contributed by atoms with Crippen LogP contribution < -0.4 is 37.9 Å². The summed E-state index contributed by atoms with van der Waals surface area (Å²) < 4.78 is 85.4. The first-order valence-electron chi connectivity index (χ1n) is 27.3. The minimum absolute atomic E-state index is 0.0350. The summed E-state index contributed by atoms with van der Waals surface area (Å²) in [5.41, 5.74) is 1.47. The molecule has 0 saturated carbocycles. The minimum atomic E-state index is -0.891. The van der Waals surface area contributed by atoms with Crippen LogP contribution in [0, 0.1) is 6.92 Å². The Morgan fingerprint density at radius 2 is 0.830 bits per heavy atom. The van der Waals surface area contributed by atoms with Gasteiger partial charge in [-0.05, 0) is 133 Å². The molecule has 24 heteroatoms. The fourth-order valence-corrected chi connectivity index (χ4v) is 8.83. The van der Waals surface area contributed by atoms with Crippen molar-refractivity contribution in [3.63, 3.8) is 0 Å². The van der Waals surface area contributed by atoms with E-state index in [0.29, 0.717) is 59.3 Å². The number of benzene rings is 6. The maximum atomic E-state index is 13.3. The van der Waals surface area contributed by atoms with Gasteiger partial charge in [-0.15, -0.1) is 0 Å². The summed E-state index contributed by atoms with van der Waals surface area (Å²) >= 11 is 0. The number of esters is 6. The number of ether oxygens (including phenoxy) is 16. The summed E-state index contributed by atoms with van der Waals surface area (Å²) in [6.07, 6.45) is -0.0635. The molecule has 2 unspecified atom stereocenters. The second-order valence-corrected chi connectivity index (χ2v) is 19.2. The minimum Gasteiger partial charge on any atom is -0.493 e. The summed E-state index contributed by atoms with van der Waals surface area (Å²) in [5.74, 6) is -2.02. The predicted molar refractivity (Wildman–Crippen MR) is 311 cm³/mol. The third kappa shape index (κ3) is 17.9. The highest BCUT2D eigenvalue weighted by molar-refractivity contribution is 5.99. The van der Waals surface area contributed by atoms with Gasteiger partial charge in [-0.3, -0.25) is 4.79 Å². The van der Waals surface area contributed by atoms with E-state index < -0.39 is 72.5 Å². The molecular weight excluding hydrogens is 1150 g/mol. The van der Waals surface area contributed by atoms with E-state index in [0.717, 1.165) is 28.5 Å². The lowest BCUT2D eigenvalue weighted by Gasteiger charge is -2.18. The summed E-state index contributed by atoms with van der Waals surface area (Å²) in [5, 5.41) is 2.81. The van der Waals surface area contributed by atoms with Crippen LogP contribution >= 0.6 is 0 Å². The van der Waals surface area contributed by atoms with Crippen molar-refractivity contribution >= 4 is 69.7 Å². The van der Waals surface area contributed by atoms with Crippen LogP contribution in [0.2, 0.25) is 0 Å². The van der Waals surface area contributed by atoms with E-state index in [2.05, 4.69) is 13.2 Å². The number of carbonyl (C=O) groups is 8. The van der Waals surface area contributed by atoms with Crippen LogP contribution in [-0.2, 0) is 52.3 Å². The first-order chi connectivity index (χ1) is 42.4. The van der Waals surface area contributed by atoms with E-state index in [1.165, 1.54) is 53.6 Å². The van der Waals surface area contributed by atoms with Crippen molar-refractivity contribution in [2.45, 2.75) is 63.9 Å². The molecule has 0 spiro atoms. The Balaban J connectivity index is 0.000000265. The van der Waals surface area contributed by atoms with Gasteiger partial charge in [0.2, 0.25) is 11.5 Å². The molecule has 24 nitrogen and oxygen atoms in total. The number of hydrogen-bond donors (Lipinski definition) is 0. The largest absolute Gasteiger partial charge is 0.513 e. The van der Waals surface area contributed by atoms with Gasteiger partial charge in [0.15, 0.2) is 35.2 Å². The second kappa shape index (κ2) is 31.8. The molecule has 2 saturated heterocycles. The molecule has 0 amide bonds. The van der Waals surface area contributed by atoms with Crippen molar-refractivity contribution in [2.24, 2.45) is 0 Å². The third-order valence-electron chi connectivity index (χ3n) is 13.1. The summed E-state index contributed by atoms with van der Waals surface area (Å²) in [7, 11) is 5.66. The average Bonchev–Trinajstić information content (AvgIpc) is 2.25. The maximum absolute atomic E-state index is 13.3. The molecular formula is C64H64O24. The molecule has 6 aromatic rings. The fourth-order valence-electron chi connectivity index (χ4n) is 8.83. The predicted octanol–water partition coefficient (Wildman–Crippen LogP) is 9.77. The van der Waals surface area contributed by atoms with E-state index in [1.54, 1.807) is 78.9 Å². The lowest BCUT2D eigenvalue weighted by Crippen LogP contribution is -2.35. The lowest BCUT2D eigenvalue weighted by molar-refractivity contribution is -0.151. The monoisotopic (exact) mass is 1220 g/mol. The Morgan fingerprint density at radius 1 is 0.455 bits per heavy atom. The van der Waals surface area contributed by atoms with E-state index in [-0.39, 0.29) is 79.5 Å². The Hall–Kier alpha value is -10.2. The van der Waals surface area contributed by atoms with Gasteiger partial charge < -0.3 is 75.8 Å². The van der Waals surface area contributed by atoms with Crippen molar-refractivity contribution in [3.05, 3.63) is 145 Å². The van der Waals surface area contributed by atoms with Crippen LogP contribution in [0.4, 0.5) is 9.59 Å². The van der Waals surface area contributed by atoms with Crippen LogP contribution in [0.1, 0.15) is 69.2 Å². The van der Waals surface area contributed by atoms with Gasteiger partial charge >= 0.3 is 48.1 Å². The Morgan fingerprint density at radius 3 is 1.23 bits per heavy atom. The number of carbonyl (C=O) groups excluding carboxylic acids is 8. The molecule has 8 rings (SSSR count). The number of rotatable bonds is 25. The van der Waals surface area contributed by atoms with Gasteiger partial charge in [-0.2, -0.15) is 0 Å². The molecule has 0 aromatic heterocycles. The van der Waals surface area contributed by atoms with Gasteiger partial charge in [0.25, 0.3) is 0 Å². The third-order valence-corrected chi connectivity index (χ3v) is 13.1. The zero-order valence-corrected chi connectivity index (χ0v) is 49.0. The summed E-state index contributed by atoms with van der Waals surface area (Å²) in [6.45, 7) is 10.6. The molecule has 88 heavy (non-hydrogen) atoms. The standard InChI is InChI=1S/C36H36O15.C28H28O9/c1-5-30(38)44-12-6-7-13-45-36(41)49-25-11-10-21-14-23(9-8-22(21)15-25)34(39)51-31-26(42-3)16-24(17-27(31)43-4)35(40)50-29-19-47-32-28(48-20(2)37)18-46-33(29)32;1-5-25(29)34-12-6-7-13-35-28(31)36-22-11-10-19-16-21(9-8-20(19)17-22)27(30)37-26-23(32-3)14-18(2)15-24(26)33-4/h5,8-11,14-17,28-29,32-33H,1,6-7,12-13,18-19H2,2-4H3;5,8-11,14-17H,1,6-7,12-13H2,2-4H3/t28-,29-,32?,33?;/m1./s1. The van der Waals surface area contributed by atoms with Crippen molar-refractivity contribution in [1.82, 2.24) is 0 Å². The number of hydrogen-bond acceptors (Lipinski definition) is 24. The first-order valence-corrected chi connectivity index (χ1v) is 27.3. The highest BCUT2D eigenvalue weighted by Gasteiger charge is 2.51. The fraction of sp³-hybridized carbons (Fsp3) is 0.312. The zero-order chi connectivity index (χ0) is 63.3. The Kier molecular flexibility index (Phi) is 23.6. The molecule has 4 atom stereocenters. The van der Waals surface area contributed by atoms with Gasteiger partial charge in [0, 0.05) is 19.1 Å². The molecule has 2 heterocycles. The first kappa shape index (κ1) is 65.3. The van der Waals surface area contributed by atoms with Crippen LogP contribution in [0.25, 0.3) is 21.5 Å². The zero-order valence-electron chi connectivity index (χ0n) is 49.0. The maximum Gasteiger partial charge on any atom is 0.513 e. The van der Waals surface area contributed by atoms with E-state index in [4.69, 9.17) is 75.8 Å². The molecule has 0 N–H and O–H groups in total. The highest BCUT2D eigenvalue weighted by atomic mass is 16.7. The number of unbranched alkanes of at least 4 members (excludes halogenated alkanes) is 2. The molecule has 0 radical (unpaired) electrons. The number of fused-ring (bicyclic) bond motifs is 3. The average molecular weight is 1220 g/mol. The normalized spacial score (nSPS) is 15.3. The summed E-state index contributed by atoms with van der Waals surface area (Å²) in [6, 6.07) is 25.8. The second-order valence-electron chi connectivity index (χ2n) is 19.2. The van der Waals surface area contributed by atoms with E-state index in [1.807, 2.05) is 6.92 Å². The molecule has 464 valence electrons. The molecule has 2 aliphatic heterocycles. The molecule has 0 aliphatic carbocycles. The Bertz CT molecular complexity index is 3500. The summed E-state index contributed by atoms with van der Waals surface area (Å²) in [4.78, 5) is 96.7. The van der Waals surface area contributed by atoms with Crippen LogP contribution in [0.5, 0.6) is 46.0 Å². The smallest absolute Gasteiger partial charge is 0.493 e. The van der Waals surface area contributed by atoms with Crippen LogP contribution in [-0.4, -0.2) is 141 Å². The van der Waals surface area contributed by atoms with E-state index >= 15 is 0 Å². The Labute approximate surface area is 504 Å².